The van der Waals surface area contributed by atoms with Gasteiger partial charge in [-0.15, -0.1) is 0 Å². The van der Waals surface area contributed by atoms with E-state index >= 15 is 0 Å². The first-order valence-electron chi connectivity index (χ1n) is 11.5. The van der Waals surface area contributed by atoms with E-state index in [0.717, 1.165) is 6.07 Å². The Hall–Kier alpha value is -4.84. The third-order valence-electron chi connectivity index (χ3n) is 5.59. The van der Waals surface area contributed by atoms with Gasteiger partial charge in [0.15, 0.2) is 11.6 Å². The van der Waals surface area contributed by atoms with Crippen molar-refractivity contribution in [2.24, 2.45) is 5.92 Å². The number of nitrogen functional groups attached to an aromatic ring is 1. The lowest BCUT2D eigenvalue weighted by Gasteiger charge is -2.25. The number of nitrogens with one attached hydrogen (secondary N) is 2. The van der Waals surface area contributed by atoms with Gasteiger partial charge in [0.2, 0.25) is 5.91 Å². The highest BCUT2D eigenvalue weighted by Crippen LogP contribution is 2.32. The fourth-order valence-electron chi connectivity index (χ4n) is 3.59. The zero-order valence-electron chi connectivity index (χ0n) is 20.1. The van der Waals surface area contributed by atoms with Crippen molar-refractivity contribution in [1.82, 2.24) is 0 Å². The SMILES string of the molecule is C[C@H](CC/C=C/C(=O)Nc1ccccc1N)[C@@H](OC(=O)Nc1ccc(C#N)cc1)c1ccc(O)c(F)c1. The lowest BCUT2D eigenvalue weighted by Crippen LogP contribution is -2.22. The van der Waals surface area contributed by atoms with Crippen LogP contribution in [0.3, 0.4) is 0 Å². The van der Waals surface area contributed by atoms with Crippen molar-refractivity contribution in [2.45, 2.75) is 25.9 Å². The van der Waals surface area contributed by atoms with Crippen LogP contribution in [0.4, 0.5) is 26.2 Å². The molecule has 2 atom stereocenters. The molecular weight excluding hydrogens is 475 g/mol. The molecule has 0 heterocycles. The average molecular weight is 503 g/mol. The molecule has 0 spiro atoms. The van der Waals surface area contributed by atoms with Gasteiger partial charge in [0.1, 0.15) is 6.10 Å². The van der Waals surface area contributed by atoms with Crippen LogP contribution < -0.4 is 16.4 Å². The third-order valence-corrected chi connectivity index (χ3v) is 5.59. The summed E-state index contributed by atoms with van der Waals surface area (Å²) in [6, 6.07) is 19.0. The maximum Gasteiger partial charge on any atom is 0.412 e. The molecular formula is C28H27FN4O4. The number of hydrogen-bond acceptors (Lipinski definition) is 6. The molecule has 190 valence electrons. The largest absolute Gasteiger partial charge is 0.505 e. The summed E-state index contributed by atoms with van der Waals surface area (Å²) < 4.78 is 19.7. The normalized spacial score (nSPS) is 12.4. The van der Waals surface area contributed by atoms with Gasteiger partial charge < -0.3 is 20.9 Å². The molecule has 0 radical (unpaired) electrons. The van der Waals surface area contributed by atoms with Crippen LogP contribution >= 0.6 is 0 Å². The fraction of sp³-hybridized carbons (Fsp3) is 0.179. The van der Waals surface area contributed by atoms with Crippen LogP contribution in [-0.4, -0.2) is 17.1 Å². The number of phenols is 1. The number of halogens is 1. The average Bonchev–Trinajstić information content (AvgIpc) is 2.88. The highest BCUT2D eigenvalue weighted by Gasteiger charge is 2.24. The molecule has 5 N–H and O–H groups in total. The summed E-state index contributed by atoms with van der Waals surface area (Å²) in [7, 11) is 0. The van der Waals surface area contributed by atoms with Crippen LogP contribution in [0.1, 0.15) is 37.0 Å². The maximum atomic E-state index is 14.1. The number of phenolic OH excluding ortho intramolecular Hbond substituents is 1. The van der Waals surface area contributed by atoms with E-state index in [0.29, 0.717) is 41.0 Å². The van der Waals surface area contributed by atoms with Gasteiger partial charge in [-0.05, 0) is 78.9 Å². The van der Waals surface area contributed by atoms with Gasteiger partial charge in [0.25, 0.3) is 0 Å². The van der Waals surface area contributed by atoms with Crippen LogP contribution in [0.2, 0.25) is 0 Å². The number of nitrogens with two attached hydrogens (primary N) is 1. The minimum Gasteiger partial charge on any atom is -0.505 e. The first-order chi connectivity index (χ1) is 17.8. The van der Waals surface area contributed by atoms with Gasteiger partial charge in [-0.25, -0.2) is 9.18 Å². The summed E-state index contributed by atoms with van der Waals surface area (Å²) in [6.07, 6.45) is 2.49. The summed E-state index contributed by atoms with van der Waals surface area (Å²) in [5.41, 5.74) is 8.05. The second kappa shape index (κ2) is 12.7. The number of allylic oxidation sites excluding steroid dienone is 1. The third kappa shape index (κ3) is 7.83. The number of ether oxygens (including phenoxy) is 1. The summed E-state index contributed by atoms with van der Waals surface area (Å²) in [4.78, 5) is 24.8. The van der Waals surface area contributed by atoms with Gasteiger partial charge in [0, 0.05) is 5.69 Å². The molecule has 0 aliphatic rings. The molecule has 0 aliphatic heterocycles. The summed E-state index contributed by atoms with van der Waals surface area (Å²) in [5.74, 6) is -1.94. The Morgan fingerprint density at radius 2 is 1.86 bits per heavy atom. The number of nitrogens with zero attached hydrogens (tertiary/aromatic N) is 1. The molecule has 8 nitrogen and oxygen atoms in total. The Morgan fingerprint density at radius 3 is 2.54 bits per heavy atom. The number of aromatic hydroxyl groups is 1. The Bertz CT molecular complexity index is 1320. The van der Waals surface area contributed by atoms with Crippen molar-refractivity contribution in [3.8, 4) is 11.8 Å². The number of amides is 2. The number of anilines is 3. The topological polar surface area (TPSA) is 137 Å². The zero-order chi connectivity index (χ0) is 26.8. The second-order valence-electron chi connectivity index (χ2n) is 8.38. The predicted octanol–water partition coefficient (Wildman–Crippen LogP) is 5.89. The van der Waals surface area contributed by atoms with Crippen molar-refractivity contribution >= 4 is 29.1 Å². The Labute approximate surface area is 214 Å². The quantitative estimate of drug-likeness (QED) is 0.213. The highest BCUT2D eigenvalue weighted by molar-refractivity contribution is 6.01. The number of para-hydroxylation sites is 2. The number of hydrogen-bond donors (Lipinski definition) is 4. The minimum atomic E-state index is -0.833. The standard InChI is InChI=1S/C28H27FN4O4/c1-18(6-2-5-9-26(35)33-24-8-4-3-7-23(24)31)27(20-12-15-25(34)22(29)16-20)37-28(36)32-21-13-10-19(17-30)11-14-21/h3-5,7-16,18,27,34H,2,6,31H2,1H3,(H,32,36)(H,33,35)/b9-5+/t18-,27-/m1/s1. The first kappa shape index (κ1) is 26.8. The zero-order valence-corrected chi connectivity index (χ0v) is 20.1. The second-order valence-corrected chi connectivity index (χ2v) is 8.38. The van der Waals surface area contributed by atoms with Crippen LogP contribution in [-0.2, 0) is 9.53 Å². The van der Waals surface area contributed by atoms with Gasteiger partial charge in [-0.2, -0.15) is 5.26 Å². The number of nitriles is 1. The van der Waals surface area contributed by atoms with Gasteiger partial charge >= 0.3 is 6.09 Å². The van der Waals surface area contributed by atoms with E-state index < -0.39 is 23.8 Å². The van der Waals surface area contributed by atoms with Crippen LogP contribution in [0, 0.1) is 23.1 Å². The number of benzene rings is 3. The first-order valence-corrected chi connectivity index (χ1v) is 11.5. The van der Waals surface area contributed by atoms with Crippen molar-refractivity contribution in [2.75, 3.05) is 16.4 Å². The predicted molar refractivity (Wildman–Crippen MR) is 139 cm³/mol. The molecule has 0 saturated heterocycles. The number of rotatable bonds is 9. The van der Waals surface area contributed by atoms with Crippen molar-refractivity contribution in [3.05, 3.63) is 95.8 Å². The molecule has 0 aliphatic carbocycles. The summed E-state index contributed by atoms with van der Waals surface area (Å²) in [5, 5.41) is 23.8. The van der Waals surface area contributed by atoms with Crippen LogP contribution in [0.15, 0.2) is 78.9 Å². The number of carbonyl (C=O) groups is 2. The maximum absolute atomic E-state index is 14.1. The molecule has 3 aromatic rings. The molecule has 0 unspecified atom stereocenters. The molecule has 0 bridgehead atoms. The molecule has 3 aromatic carbocycles. The van der Waals surface area contributed by atoms with E-state index in [1.54, 1.807) is 54.6 Å². The minimum absolute atomic E-state index is 0.270. The van der Waals surface area contributed by atoms with Crippen LogP contribution in [0.5, 0.6) is 5.75 Å². The molecule has 2 amide bonds. The Kier molecular flexibility index (Phi) is 9.22. The molecule has 0 fully saturated rings. The smallest absolute Gasteiger partial charge is 0.412 e. The lowest BCUT2D eigenvalue weighted by molar-refractivity contribution is -0.111. The van der Waals surface area contributed by atoms with E-state index in [4.69, 9.17) is 15.7 Å². The van der Waals surface area contributed by atoms with Crippen molar-refractivity contribution in [3.63, 3.8) is 0 Å². The van der Waals surface area contributed by atoms with Crippen molar-refractivity contribution in [1.29, 1.82) is 5.26 Å². The highest BCUT2D eigenvalue weighted by atomic mass is 19.1. The fourth-order valence-corrected chi connectivity index (χ4v) is 3.59. The Balaban J connectivity index is 1.64. The van der Waals surface area contributed by atoms with Gasteiger partial charge in [0.05, 0.1) is 23.0 Å². The molecule has 37 heavy (non-hydrogen) atoms. The summed E-state index contributed by atoms with van der Waals surface area (Å²) in [6.45, 7) is 1.84. The molecule has 9 heteroatoms. The van der Waals surface area contributed by atoms with E-state index in [2.05, 4.69) is 10.6 Å². The van der Waals surface area contributed by atoms with Crippen LogP contribution in [0.25, 0.3) is 0 Å². The van der Waals surface area contributed by atoms with Gasteiger partial charge in [-0.3, -0.25) is 10.1 Å². The van der Waals surface area contributed by atoms with Gasteiger partial charge in [-0.1, -0.05) is 31.2 Å². The van der Waals surface area contributed by atoms with Crippen molar-refractivity contribution < 1.29 is 23.8 Å². The summed E-state index contributed by atoms with van der Waals surface area (Å²) >= 11 is 0. The lowest BCUT2D eigenvalue weighted by atomic mass is 9.93. The van der Waals surface area contributed by atoms with E-state index in [1.165, 1.54) is 18.2 Å². The molecule has 3 rings (SSSR count). The van der Waals surface area contributed by atoms with E-state index in [9.17, 15) is 19.1 Å². The van der Waals surface area contributed by atoms with E-state index in [-0.39, 0.29) is 11.8 Å². The monoisotopic (exact) mass is 502 g/mol. The molecule has 0 aromatic heterocycles. The molecule has 0 saturated carbocycles. The van der Waals surface area contributed by atoms with E-state index in [1.807, 2.05) is 13.0 Å². The Morgan fingerprint density at radius 1 is 1.14 bits per heavy atom. The number of carbonyl (C=O) groups excluding carboxylic acids is 2.